The lowest BCUT2D eigenvalue weighted by Gasteiger charge is -2.47. The molecule has 0 bridgehead atoms. The number of anilines is 1. The molecule has 2 aliphatic heterocycles. The van der Waals surface area contributed by atoms with Crippen molar-refractivity contribution in [1.82, 2.24) is 14.1 Å². The van der Waals surface area contributed by atoms with Crippen molar-refractivity contribution in [2.45, 2.75) is 17.7 Å². The Bertz CT molecular complexity index is 878. The predicted octanol–water partition coefficient (Wildman–Crippen LogP) is 3.24. The van der Waals surface area contributed by atoms with E-state index in [2.05, 4.69) is 16.8 Å². The monoisotopic (exact) mass is 458 g/mol. The molecule has 4 rings (SSSR count). The number of carbonyl (C=O) groups excluding carboxylic acids is 1. The number of likely N-dealkylation sites (N-methyl/N-ethyl adjacent to an activating group) is 1. The van der Waals surface area contributed by atoms with Crippen molar-refractivity contribution in [2.75, 3.05) is 64.3 Å². The third-order valence-electron chi connectivity index (χ3n) is 6.44. The van der Waals surface area contributed by atoms with E-state index >= 15 is 0 Å². The number of piperazine rings is 2. The van der Waals surface area contributed by atoms with Crippen molar-refractivity contribution in [1.29, 1.82) is 0 Å². The first-order valence-corrected chi connectivity index (χ1v) is 12.8. The Kier molecular flexibility index (Phi) is 7.37. The SMILES string of the molecule is CN1CCN(c2ccc(S(O)(O)N3CCN(C(=O)CCc4ccccc4)CC3)cc2)CC1. The van der Waals surface area contributed by atoms with Crippen molar-refractivity contribution in [3.63, 3.8) is 0 Å². The highest BCUT2D eigenvalue weighted by atomic mass is 32.3. The Morgan fingerprint density at radius 2 is 1.47 bits per heavy atom. The largest absolute Gasteiger partial charge is 0.369 e. The van der Waals surface area contributed by atoms with Crippen molar-refractivity contribution in [3.05, 3.63) is 60.2 Å². The first-order valence-electron chi connectivity index (χ1n) is 11.3. The first kappa shape index (κ1) is 23.1. The Balaban J connectivity index is 1.30. The molecule has 1 amide bonds. The van der Waals surface area contributed by atoms with E-state index in [0.717, 1.165) is 43.9 Å². The number of hydrogen-bond donors (Lipinski definition) is 2. The second-order valence-electron chi connectivity index (χ2n) is 8.60. The molecular formula is C24H34N4O3S. The maximum atomic E-state index is 12.6. The minimum atomic E-state index is -3.05. The summed E-state index contributed by atoms with van der Waals surface area (Å²) in [5.74, 6) is 0.126. The fourth-order valence-corrected chi connectivity index (χ4v) is 5.77. The highest BCUT2D eigenvalue weighted by molar-refractivity contribution is 8.22. The van der Waals surface area contributed by atoms with Crippen LogP contribution in [0.15, 0.2) is 59.5 Å². The van der Waals surface area contributed by atoms with Crippen LogP contribution in [-0.4, -0.2) is 88.5 Å². The van der Waals surface area contributed by atoms with Gasteiger partial charge >= 0.3 is 0 Å². The second-order valence-corrected chi connectivity index (χ2v) is 10.6. The van der Waals surface area contributed by atoms with Gasteiger partial charge in [-0.05, 0) is 43.3 Å². The van der Waals surface area contributed by atoms with E-state index in [1.807, 2.05) is 59.5 Å². The average molecular weight is 459 g/mol. The van der Waals surface area contributed by atoms with E-state index in [0.29, 0.717) is 37.5 Å². The fraction of sp³-hybridized carbons (Fsp3) is 0.458. The molecule has 0 spiro atoms. The van der Waals surface area contributed by atoms with Gasteiger partial charge in [0.15, 0.2) is 0 Å². The van der Waals surface area contributed by atoms with Gasteiger partial charge in [-0.15, -0.1) is 10.8 Å². The molecule has 0 aromatic heterocycles. The van der Waals surface area contributed by atoms with Crippen LogP contribution in [0.1, 0.15) is 12.0 Å². The number of nitrogens with zero attached hydrogens (tertiary/aromatic N) is 4. The maximum absolute atomic E-state index is 12.6. The Labute approximate surface area is 192 Å². The number of carbonyl (C=O) groups is 1. The topological polar surface area (TPSA) is 70.5 Å². The molecule has 0 aliphatic carbocycles. The molecule has 0 saturated carbocycles. The number of rotatable bonds is 6. The lowest BCUT2D eigenvalue weighted by molar-refractivity contribution is -0.132. The molecule has 2 aromatic rings. The number of amides is 1. The molecule has 2 N–H and O–H groups in total. The van der Waals surface area contributed by atoms with Gasteiger partial charge < -0.3 is 14.7 Å². The molecule has 2 heterocycles. The summed E-state index contributed by atoms with van der Waals surface area (Å²) in [6, 6.07) is 17.7. The first-order chi connectivity index (χ1) is 15.4. The molecule has 2 fully saturated rings. The lowest BCUT2D eigenvalue weighted by atomic mass is 10.1. The quantitative estimate of drug-likeness (QED) is 0.693. The molecule has 0 radical (unpaired) electrons. The van der Waals surface area contributed by atoms with Gasteiger partial charge in [0.2, 0.25) is 5.91 Å². The summed E-state index contributed by atoms with van der Waals surface area (Å²) in [5.41, 5.74) is 2.28. The van der Waals surface area contributed by atoms with E-state index < -0.39 is 10.8 Å². The molecule has 0 unspecified atom stereocenters. The van der Waals surface area contributed by atoms with Gasteiger partial charge in [0.1, 0.15) is 0 Å². The highest BCUT2D eigenvalue weighted by Crippen LogP contribution is 2.52. The molecule has 32 heavy (non-hydrogen) atoms. The second kappa shape index (κ2) is 10.2. The number of benzene rings is 2. The van der Waals surface area contributed by atoms with E-state index in [1.54, 1.807) is 4.31 Å². The summed E-state index contributed by atoms with van der Waals surface area (Å²) in [7, 11) is -0.923. The molecule has 7 nitrogen and oxygen atoms in total. The van der Waals surface area contributed by atoms with Crippen LogP contribution < -0.4 is 4.90 Å². The minimum Gasteiger partial charge on any atom is -0.369 e. The van der Waals surface area contributed by atoms with Crippen LogP contribution in [0, 0.1) is 0 Å². The summed E-state index contributed by atoms with van der Waals surface area (Å²) in [5, 5.41) is 0. The molecular weight excluding hydrogens is 424 g/mol. The zero-order valence-electron chi connectivity index (χ0n) is 18.8. The molecule has 0 atom stereocenters. The molecule has 2 aliphatic rings. The minimum absolute atomic E-state index is 0.126. The van der Waals surface area contributed by atoms with Gasteiger partial charge in [-0.1, -0.05) is 30.3 Å². The Morgan fingerprint density at radius 1 is 0.844 bits per heavy atom. The third kappa shape index (κ3) is 5.44. The fourth-order valence-electron chi connectivity index (χ4n) is 4.30. The maximum Gasteiger partial charge on any atom is 0.222 e. The van der Waals surface area contributed by atoms with E-state index in [-0.39, 0.29) is 5.91 Å². The van der Waals surface area contributed by atoms with Gasteiger partial charge in [-0.3, -0.25) is 13.9 Å². The smallest absolute Gasteiger partial charge is 0.222 e. The van der Waals surface area contributed by atoms with E-state index in [1.165, 1.54) is 0 Å². The number of aryl methyl sites for hydroxylation is 1. The molecule has 2 saturated heterocycles. The van der Waals surface area contributed by atoms with Crippen LogP contribution >= 0.6 is 10.8 Å². The summed E-state index contributed by atoms with van der Waals surface area (Å²) >= 11 is 0. The van der Waals surface area contributed by atoms with Crippen molar-refractivity contribution >= 4 is 22.4 Å². The summed E-state index contributed by atoms with van der Waals surface area (Å²) in [4.78, 5) is 19.6. The van der Waals surface area contributed by atoms with E-state index in [4.69, 9.17) is 0 Å². The lowest BCUT2D eigenvalue weighted by Crippen LogP contribution is -2.49. The third-order valence-corrected chi connectivity index (χ3v) is 8.43. The standard InChI is InChI=1S/C24H34N4O3S/c1-25-13-15-26(16-14-25)22-8-10-23(11-9-22)32(30,31)28-19-17-27(18-20-28)24(29)12-7-21-5-3-2-4-6-21/h2-6,8-11,30-31H,7,12-20H2,1H3. The van der Waals surface area contributed by atoms with Crippen molar-refractivity contribution < 1.29 is 13.9 Å². The van der Waals surface area contributed by atoms with Gasteiger partial charge in [-0.25, -0.2) is 0 Å². The zero-order valence-corrected chi connectivity index (χ0v) is 19.6. The van der Waals surface area contributed by atoms with Gasteiger partial charge in [0, 0.05) is 64.5 Å². The molecule has 8 heteroatoms. The summed E-state index contributed by atoms with van der Waals surface area (Å²) in [6.07, 6.45) is 1.21. The van der Waals surface area contributed by atoms with Crippen LogP contribution in [0.4, 0.5) is 5.69 Å². The summed E-state index contributed by atoms with van der Waals surface area (Å²) in [6.45, 7) is 5.97. The normalized spacial score (nSPS) is 19.2. The van der Waals surface area contributed by atoms with Crippen LogP contribution in [0.25, 0.3) is 0 Å². The van der Waals surface area contributed by atoms with Crippen LogP contribution in [0.2, 0.25) is 0 Å². The van der Waals surface area contributed by atoms with Gasteiger partial charge in [0.05, 0.1) is 4.90 Å². The predicted molar refractivity (Wildman–Crippen MR) is 130 cm³/mol. The summed E-state index contributed by atoms with van der Waals surface area (Å²) < 4.78 is 23.7. The van der Waals surface area contributed by atoms with Crippen molar-refractivity contribution in [3.8, 4) is 0 Å². The van der Waals surface area contributed by atoms with Crippen LogP contribution in [-0.2, 0) is 11.2 Å². The number of hydrogen-bond acceptors (Lipinski definition) is 6. The van der Waals surface area contributed by atoms with E-state index in [9.17, 15) is 13.9 Å². The average Bonchev–Trinajstić information content (AvgIpc) is 2.84. The Morgan fingerprint density at radius 3 is 2.09 bits per heavy atom. The molecule has 2 aromatic carbocycles. The Hall–Kier alpha value is -2.10. The van der Waals surface area contributed by atoms with Gasteiger partial charge in [0.25, 0.3) is 0 Å². The van der Waals surface area contributed by atoms with Crippen LogP contribution in [0.3, 0.4) is 0 Å². The molecule has 174 valence electrons. The highest BCUT2D eigenvalue weighted by Gasteiger charge is 2.30. The van der Waals surface area contributed by atoms with Crippen LogP contribution in [0.5, 0.6) is 0 Å². The zero-order chi connectivity index (χ0) is 22.6. The van der Waals surface area contributed by atoms with Crippen molar-refractivity contribution in [2.24, 2.45) is 0 Å². The van der Waals surface area contributed by atoms with Gasteiger partial charge in [-0.2, -0.15) is 4.31 Å².